The minimum Gasteiger partial charge on any atom is -0.489 e. The summed E-state index contributed by atoms with van der Waals surface area (Å²) in [6, 6.07) is 2.18. The smallest absolute Gasteiger partial charge is 0.138 e. The first-order valence-electron chi connectivity index (χ1n) is 6.55. The van der Waals surface area contributed by atoms with Crippen molar-refractivity contribution in [1.82, 2.24) is 4.98 Å². The average Bonchev–Trinajstić information content (AvgIpc) is 2.99. The van der Waals surface area contributed by atoms with Crippen LogP contribution in [-0.4, -0.2) is 11.1 Å². The lowest BCUT2D eigenvalue weighted by Crippen LogP contribution is -2.17. The second-order valence-corrected chi connectivity index (χ2v) is 6.33. The summed E-state index contributed by atoms with van der Waals surface area (Å²) in [5, 5.41) is 0. The van der Waals surface area contributed by atoms with Gasteiger partial charge in [0.2, 0.25) is 0 Å². The van der Waals surface area contributed by atoms with Crippen molar-refractivity contribution in [3.8, 4) is 5.75 Å². The normalized spacial score (nSPS) is 16.4. The molecule has 0 N–H and O–H groups in total. The first-order chi connectivity index (χ1) is 7.88. The third-order valence-electron chi connectivity index (χ3n) is 3.05. The molecule has 0 unspecified atom stereocenters. The summed E-state index contributed by atoms with van der Waals surface area (Å²) in [6.07, 6.45) is 4.71. The lowest BCUT2D eigenvalue weighted by molar-refractivity contribution is 0.301. The Balaban J connectivity index is 2.33. The monoisotopic (exact) mass is 233 g/mol. The quantitative estimate of drug-likeness (QED) is 0.786. The van der Waals surface area contributed by atoms with Gasteiger partial charge in [-0.1, -0.05) is 34.6 Å². The third-order valence-corrected chi connectivity index (χ3v) is 3.05. The van der Waals surface area contributed by atoms with E-state index < -0.39 is 0 Å². The molecule has 2 nitrogen and oxygen atoms in total. The molecular weight excluding hydrogens is 210 g/mol. The lowest BCUT2D eigenvalue weighted by atomic mass is 9.85. The van der Waals surface area contributed by atoms with Crippen molar-refractivity contribution in [1.29, 1.82) is 0 Å². The van der Waals surface area contributed by atoms with E-state index in [1.54, 1.807) is 0 Å². The molecule has 1 aliphatic rings. The molecule has 17 heavy (non-hydrogen) atoms. The van der Waals surface area contributed by atoms with Crippen LogP contribution in [0.15, 0.2) is 12.3 Å². The number of nitrogens with zero attached hydrogens (tertiary/aromatic N) is 1. The van der Waals surface area contributed by atoms with Crippen molar-refractivity contribution in [2.45, 2.75) is 64.9 Å². The van der Waals surface area contributed by atoms with Crippen LogP contribution >= 0.6 is 0 Å². The maximum absolute atomic E-state index is 5.82. The predicted molar refractivity (Wildman–Crippen MR) is 70.7 cm³/mol. The first-order valence-corrected chi connectivity index (χ1v) is 6.55. The zero-order valence-electron chi connectivity index (χ0n) is 11.6. The molecule has 0 atom stereocenters. The SMILES string of the molecule is CC(C)c1cc(OC2CC2)cnc1C(C)(C)C. The van der Waals surface area contributed by atoms with Gasteiger partial charge in [-0.15, -0.1) is 0 Å². The fraction of sp³-hybridized carbons (Fsp3) is 0.667. The average molecular weight is 233 g/mol. The third kappa shape index (κ3) is 2.99. The Labute approximate surface area is 104 Å². The van der Waals surface area contributed by atoms with Crippen molar-refractivity contribution < 1.29 is 4.74 Å². The van der Waals surface area contributed by atoms with E-state index in [2.05, 4.69) is 45.7 Å². The molecule has 0 aromatic carbocycles. The van der Waals surface area contributed by atoms with Crippen LogP contribution in [0.1, 0.15) is 64.6 Å². The Morgan fingerprint density at radius 2 is 1.94 bits per heavy atom. The Morgan fingerprint density at radius 1 is 1.29 bits per heavy atom. The van der Waals surface area contributed by atoms with E-state index in [1.807, 2.05) is 6.20 Å². The summed E-state index contributed by atoms with van der Waals surface area (Å²) in [5.41, 5.74) is 2.60. The Bertz CT molecular complexity index is 400. The fourth-order valence-corrected chi connectivity index (χ4v) is 1.97. The van der Waals surface area contributed by atoms with Crippen LogP contribution in [0.4, 0.5) is 0 Å². The van der Waals surface area contributed by atoms with Crippen molar-refractivity contribution in [2.24, 2.45) is 0 Å². The van der Waals surface area contributed by atoms with E-state index in [1.165, 1.54) is 24.1 Å². The van der Waals surface area contributed by atoms with E-state index >= 15 is 0 Å². The van der Waals surface area contributed by atoms with E-state index in [9.17, 15) is 0 Å². The molecule has 0 aliphatic heterocycles. The molecule has 0 saturated heterocycles. The standard InChI is InChI=1S/C15H23NO/c1-10(2)13-8-12(17-11-6-7-11)9-16-14(13)15(3,4)5/h8-11H,6-7H2,1-5H3. The van der Waals surface area contributed by atoms with Crippen LogP contribution in [0.3, 0.4) is 0 Å². The molecule has 94 valence electrons. The number of rotatable bonds is 3. The number of aromatic nitrogens is 1. The molecule has 0 radical (unpaired) electrons. The van der Waals surface area contributed by atoms with Crippen molar-refractivity contribution >= 4 is 0 Å². The van der Waals surface area contributed by atoms with Crippen molar-refractivity contribution in [3.63, 3.8) is 0 Å². The van der Waals surface area contributed by atoms with Gasteiger partial charge in [0.15, 0.2) is 0 Å². The molecule has 0 amide bonds. The van der Waals surface area contributed by atoms with Crippen LogP contribution in [0, 0.1) is 0 Å². The Morgan fingerprint density at radius 3 is 2.41 bits per heavy atom. The number of pyridine rings is 1. The summed E-state index contributed by atoms with van der Waals surface area (Å²) in [4.78, 5) is 4.63. The molecule has 2 heteroatoms. The number of hydrogen-bond acceptors (Lipinski definition) is 2. The highest BCUT2D eigenvalue weighted by Crippen LogP contribution is 2.33. The van der Waals surface area contributed by atoms with Gasteiger partial charge in [0.1, 0.15) is 5.75 Å². The predicted octanol–water partition coefficient (Wildman–Crippen LogP) is 4.04. The van der Waals surface area contributed by atoms with Gasteiger partial charge in [0.05, 0.1) is 12.3 Å². The topological polar surface area (TPSA) is 22.1 Å². The largest absolute Gasteiger partial charge is 0.489 e. The Hall–Kier alpha value is -1.05. The summed E-state index contributed by atoms with van der Waals surface area (Å²) >= 11 is 0. The number of hydrogen-bond donors (Lipinski definition) is 0. The number of ether oxygens (including phenoxy) is 1. The summed E-state index contributed by atoms with van der Waals surface area (Å²) in [7, 11) is 0. The summed E-state index contributed by atoms with van der Waals surface area (Å²) in [5.74, 6) is 1.42. The van der Waals surface area contributed by atoms with E-state index in [0.29, 0.717) is 12.0 Å². The maximum Gasteiger partial charge on any atom is 0.138 e. The maximum atomic E-state index is 5.82. The highest BCUT2D eigenvalue weighted by molar-refractivity contribution is 5.35. The minimum absolute atomic E-state index is 0.0950. The molecule has 1 heterocycles. The molecule has 0 spiro atoms. The van der Waals surface area contributed by atoms with Gasteiger partial charge in [-0.05, 0) is 30.4 Å². The molecule has 1 aliphatic carbocycles. The van der Waals surface area contributed by atoms with Gasteiger partial charge in [-0.25, -0.2) is 0 Å². The fourth-order valence-electron chi connectivity index (χ4n) is 1.97. The minimum atomic E-state index is 0.0950. The zero-order valence-corrected chi connectivity index (χ0v) is 11.6. The highest BCUT2D eigenvalue weighted by atomic mass is 16.5. The molecule has 1 aromatic heterocycles. The molecule has 1 aromatic rings. The molecule has 2 rings (SSSR count). The van der Waals surface area contributed by atoms with Crippen LogP contribution in [0.2, 0.25) is 0 Å². The van der Waals surface area contributed by atoms with E-state index in [0.717, 1.165) is 5.75 Å². The van der Waals surface area contributed by atoms with Crippen LogP contribution in [-0.2, 0) is 5.41 Å². The Kier molecular flexibility index (Phi) is 3.15. The molecule has 1 saturated carbocycles. The van der Waals surface area contributed by atoms with Gasteiger partial charge in [0.25, 0.3) is 0 Å². The molecular formula is C15H23NO. The van der Waals surface area contributed by atoms with Crippen molar-refractivity contribution in [2.75, 3.05) is 0 Å². The van der Waals surface area contributed by atoms with Gasteiger partial charge < -0.3 is 4.74 Å². The van der Waals surface area contributed by atoms with Crippen molar-refractivity contribution in [3.05, 3.63) is 23.5 Å². The second kappa shape index (κ2) is 4.32. The molecule has 0 bridgehead atoms. The van der Waals surface area contributed by atoms with E-state index in [4.69, 9.17) is 4.74 Å². The molecule has 1 fully saturated rings. The second-order valence-electron chi connectivity index (χ2n) is 6.33. The van der Waals surface area contributed by atoms with Gasteiger partial charge in [-0.2, -0.15) is 0 Å². The van der Waals surface area contributed by atoms with Crippen LogP contribution in [0.5, 0.6) is 5.75 Å². The highest BCUT2D eigenvalue weighted by Gasteiger charge is 2.26. The van der Waals surface area contributed by atoms with Crippen LogP contribution < -0.4 is 4.74 Å². The zero-order chi connectivity index (χ0) is 12.6. The van der Waals surface area contributed by atoms with Crippen LogP contribution in [0.25, 0.3) is 0 Å². The van der Waals surface area contributed by atoms with Gasteiger partial charge in [0, 0.05) is 11.1 Å². The van der Waals surface area contributed by atoms with E-state index in [-0.39, 0.29) is 5.41 Å². The summed E-state index contributed by atoms with van der Waals surface area (Å²) in [6.45, 7) is 11.1. The first kappa shape index (κ1) is 12.4. The van der Waals surface area contributed by atoms with Gasteiger partial charge >= 0.3 is 0 Å². The summed E-state index contributed by atoms with van der Waals surface area (Å²) < 4.78 is 5.82. The lowest BCUT2D eigenvalue weighted by Gasteiger charge is -2.24. The van der Waals surface area contributed by atoms with Gasteiger partial charge in [-0.3, -0.25) is 4.98 Å².